The van der Waals surface area contributed by atoms with Crippen LogP contribution >= 0.6 is 0 Å². The predicted octanol–water partition coefficient (Wildman–Crippen LogP) is 0.873. The highest BCUT2D eigenvalue weighted by Gasteiger charge is 2.05. The molecule has 5 nitrogen and oxygen atoms in total. The van der Waals surface area contributed by atoms with Gasteiger partial charge in [-0.05, 0) is 20.0 Å². The van der Waals surface area contributed by atoms with Gasteiger partial charge in [-0.15, -0.1) is 0 Å². The maximum absolute atomic E-state index is 5.74. The minimum Gasteiger partial charge on any atom is -0.383 e. The van der Waals surface area contributed by atoms with Gasteiger partial charge in [-0.3, -0.25) is 0 Å². The first-order chi connectivity index (χ1) is 7.13. The summed E-state index contributed by atoms with van der Waals surface area (Å²) in [4.78, 5) is 10.1. The Morgan fingerprint density at radius 3 is 2.73 bits per heavy atom. The second-order valence-corrected chi connectivity index (χ2v) is 3.73. The third-order valence-electron chi connectivity index (χ3n) is 2.25. The van der Waals surface area contributed by atoms with E-state index in [2.05, 4.69) is 28.8 Å². The maximum atomic E-state index is 5.74. The van der Waals surface area contributed by atoms with E-state index in [-0.39, 0.29) is 5.95 Å². The highest BCUT2D eigenvalue weighted by atomic mass is 15.1. The van der Waals surface area contributed by atoms with Crippen molar-refractivity contribution in [1.29, 1.82) is 0 Å². The second kappa shape index (κ2) is 5.50. The van der Waals surface area contributed by atoms with E-state index in [4.69, 9.17) is 11.5 Å². The number of unbranched alkanes of at least 4 members (excludes halogenated alkanes) is 1. The van der Waals surface area contributed by atoms with Crippen molar-refractivity contribution in [3.63, 3.8) is 0 Å². The fraction of sp³-hybridized carbons (Fsp3) is 0.600. The van der Waals surface area contributed by atoms with Gasteiger partial charge < -0.3 is 16.4 Å². The first-order valence-corrected chi connectivity index (χ1v) is 5.19. The van der Waals surface area contributed by atoms with Gasteiger partial charge in [-0.2, -0.15) is 4.98 Å². The number of nitrogens with two attached hydrogens (primary N) is 2. The van der Waals surface area contributed by atoms with Crippen LogP contribution in [0.5, 0.6) is 0 Å². The molecule has 0 saturated heterocycles. The molecule has 0 bridgehead atoms. The van der Waals surface area contributed by atoms with Gasteiger partial charge in [0.1, 0.15) is 5.82 Å². The lowest BCUT2D eigenvalue weighted by atomic mass is 10.2. The molecule has 0 aliphatic rings. The van der Waals surface area contributed by atoms with E-state index in [1.165, 1.54) is 12.8 Å². The summed E-state index contributed by atoms with van der Waals surface area (Å²) in [6.45, 7) is 4.00. The molecule has 1 rings (SSSR count). The van der Waals surface area contributed by atoms with Crippen LogP contribution in [0.2, 0.25) is 0 Å². The lowest BCUT2D eigenvalue weighted by molar-refractivity contribution is 0.320. The highest BCUT2D eigenvalue weighted by Crippen LogP contribution is 2.10. The van der Waals surface area contributed by atoms with Crippen molar-refractivity contribution in [3.05, 3.63) is 11.8 Å². The minimum absolute atomic E-state index is 0.229. The van der Waals surface area contributed by atoms with Gasteiger partial charge in [0, 0.05) is 18.3 Å². The molecule has 0 atom stereocenters. The number of nitrogen functional groups attached to an aromatic ring is 2. The molecule has 1 aromatic heterocycles. The molecule has 84 valence electrons. The van der Waals surface area contributed by atoms with E-state index in [0.29, 0.717) is 5.82 Å². The molecule has 0 saturated carbocycles. The molecular weight excluding hydrogens is 190 g/mol. The van der Waals surface area contributed by atoms with Crippen molar-refractivity contribution in [3.8, 4) is 0 Å². The lowest BCUT2D eigenvalue weighted by Crippen LogP contribution is -2.20. The van der Waals surface area contributed by atoms with Gasteiger partial charge in [0.25, 0.3) is 0 Å². The van der Waals surface area contributed by atoms with Crippen LogP contribution in [0, 0.1) is 0 Å². The summed E-state index contributed by atoms with van der Waals surface area (Å²) in [5, 5.41) is 0. The molecule has 0 aliphatic heterocycles. The summed E-state index contributed by atoms with van der Waals surface area (Å²) < 4.78 is 0. The molecule has 4 N–H and O–H groups in total. The number of aromatic nitrogens is 2. The van der Waals surface area contributed by atoms with Gasteiger partial charge >= 0.3 is 0 Å². The zero-order chi connectivity index (χ0) is 11.3. The van der Waals surface area contributed by atoms with E-state index >= 15 is 0 Å². The van der Waals surface area contributed by atoms with Crippen LogP contribution < -0.4 is 11.5 Å². The van der Waals surface area contributed by atoms with E-state index < -0.39 is 0 Å². The van der Waals surface area contributed by atoms with Crippen molar-refractivity contribution in [1.82, 2.24) is 14.9 Å². The van der Waals surface area contributed by atoms with Crippen molar-refractivity contribution >= 4 is 11.8 Å². The van der Waals surface area contributed by atoms with Crippen molar-refractivity contribution < 1.29 is 0 Å². The van der Waals surface area contributed by atoms with Gasteiger partial charge in [0.15, 0.2) is 0 Å². The molecule has 0 aliphatic carbocycles. The molecular formula is C10H19N5. The van der Waals surface area contributed by atoms with Crippen molar-refractivity contribution in [2.24, 2.45) is 0 Å². The Hall–Kier alpha value is -1.36. The highest BCUT2D eigenvalue weighted by molar-refractivity contribution is 5.41. The molecule has 5 heteroatoms. The van der Waals surface area contributed by atoms with Gasteiger partial charge in [-0.25, -0.2) is 4.98 Å². The first kappa shape index (κ1) is 11.7. The topological polar surface area (TPSA) is 81.1 Å². The molecule has 15 heavy (non-hydrogen) atoms. The summed E-state index contributed by atoms with van der Waals surface area (Å²) in [5.41, 5.74) is 12.1. The standard InChI is InChI=1S/C10H19N5/c1-3-4-5-15(2)7-8-6-13-10(12)14-9(8)11/h6H,3-5,7H2,1-2H3,(H4,11,12,13,14). The summed E-state index contributed by atoms with van der Waals surface area (Å²) in [6, 6.07) is 0. The maximum Gasteiger partial charge on any atom is 0.221 e. The SMILES string of the molecule is CCCCN(C)Cc1cnc(N)nc1N. The number of nitrogens with zero attached hydrogens (tertiary/aromatic N) is 3. The minimum atomic E-state index is 0.229. The number of rotatable bonds is 5. The first-order valence-electron chi connectivity index (χ1n) is 5.19. The smallest absolute Gasteiger partial charge is 0.221 e. The summed E-state index contributed by atoms with van der Waals surface area (Å²) in [5.74, 6) is 0.707. The largest absolute Gasteiger partial charge is 0.383 e. The van der Waals surface area contributed by atoms with Crippen LogP contribution in [0.25, 0.3) is 0 Å². The monoisotopic (exact) mass is 209 g/mol. The molecule has 0 radical (unpaired) electrons. The Kier molecular flexibility index (Phi) is 4.30. The Morgan fingerprint density at radius 1 is 1.40 bits per heavy atom. The molecule has 0 spiro atoms. The van der Waals surface area contributed by atoms with Crippen molar-refractivity contribution in [2.75, 3.05) is 25.1 Å². The summed E-state index contributed by atoms with van der Waals surface area (Å²) in [6.07, 6.45) is 4.07. The Balaban J connectivity index is 2.56. The van der Waals surface area contributed by atoms with Crippen LogP contribution in [0.4, 0.5) is 11.8 Å². The van der Waals surface area contributed by atoms with E-state index in [9.17, 15) is 0 Å². The fourth-order valence-electron chi connectivity index (χ4n) is 1.35. The zero-order valence-corrected chi connectivity index (χ0v) is 9.40. The summed E-state index contributed by atoms with van der Waals surface area (Å²) in [7, 11) is 2.06. The predicted molar refractivity (Wildman–Crippen MR) is 62.1 cm³/mol. The van der Waals surface area contributed by atoms with Crippen LogP contribution in [0.3, 0.4) is 0 Å². The van der Waals surface area contributed by atoms with E-state index in [1.54, 1.807) is 6.20 Å². The Bertz CT molecular complexity index is 313. The van der Waals surface area contributed by atoms with Gasteiger partial charge in [0.2, 0.25) is 5.95 Å². The van der Waals surface area contributed by atoms with Gasteiger partial charge in [-0.1, -0.05) is 13.3 Å². The molecule has 1 aromatic rings. The van der Waals surface area contributed by atoms with Crippen LogP contribution in [0.1, 0.15) is 25.3 Å². The normalized spacial score (nSPS) is 10.9. The average molecular weight is 209 g/mol. The van der Waals surface area contributed by atoms with Crippen molar-refractivity contribution in [2.45, 2.75) is 26.3 Å². The van der Waals surface area contributed by atoms with E-state index in [1.807, 2.05) is 0 Å². The number of hydrogen-bond donors (Lipinski definition) is 2. The fourth-order valence-corrected chi connectivity index (χ4v) is 1.35. The quantitative estimate of drug-likeness (QED) is 0.752. The van der Waals surface area contributed by atoms with E-state index in [0.717, 1.165) is 18.7 Å². The Labute approximate surface area is 90.5 Å². The van der Waals surface area contributed by atoms with Gasteiger partial charge in [0.05, 0.1) is 0 Å². The molecule has 0 fully saturated rings. The van der Waals surface area contributed by atoms with Crippen LogP contribution in [-0.4, -0.2) is 28.5 Å². The van der Waals surface area contributed by atoms with Crippen LogP contribution in [0.15, 0.2) is 6.20 Å². The Morgan fingerprint density at radius 2 is 2.13 bits per heavy atom. The molecule has 0 unspecified atom stereocenters. The second-order valence-electron chi connectivity index (χ2n) is 3.73. The third kappa shape index (κ3) is 3.71. The lowest BCUT2D eigenvalue weighted by Gasteiger charge is -2.16. The molecule has 0 amide bonds. The zero-order valence-electron chi connectivity index (χ0n) is 9.40. The summed E-state index contributed by atoms with van der Waals surface area (Å²) >= 11 is 0. The average Bonchev–Trinajstić information content (AvgIpc) is 2.19. The molecule has 0 aromatic carbocycles. The third-order valence-corrected chi connectivity index (χ3v) is 2.25. The van der Waals surface area contributed by atoms with Crippen LogP contribution in [-0.2, 0) is 6.54 Å². The molecule has 1 heterocycles. The number of anilines is 2. The number of hydrogen-bond acceptors (Lipinski definition) is 5.